The van der Waals surface area contributed by atoms with E-state index < -0.39 is 0 Å². The van der Waals surface area contributed by atoms with Gasteiger partial charge < -0.3 is 0 Å². The average Bonchev–Trinajstić information content (AvgIpc) is 3.68. The van der Waals surface area contributed by atoms with Gasteiger partial charge in [0.1, 0.15) is 0 Å². The second-order valence-corrected chi connectivity index (χ2v) is 16.9. The molecule has 12 rings (SSSR count). The number of hydrogen-bond acceptors (Lipinski definition) is 1. The molecular weight excluding hydrogens is 705 g/mol. The highest BCUT2D eigenvalue weighted by Gasteiger charge is 2.31. The van der Waals surface area contributed by atoms with Crippen molar-refractivity contribution in [2.75, 3.05) is 0 Å². The van der Waals surface area contributed by atoms with Gasteiger partial charge in [0.25, 0.3) is 0 Å². The van der Waals surface area contributed by atoms with E-state index in [-0.39, 0.29) is 5.92 Å². The maximum absolute atomic E-state index is 2.54. The van der Waals surface area contributed by atoms with Gasteiger partial charge in [-0.2, -0.15) is 0 Å². The van der Waals surface area contributed by atoms with E-state index in [4.69, 9.17) is 0 Å². The molecule has 0 bridgehead atoms. The summed E-state index contributed by atoms with van der Waals surface area (Å²) in [4.78, 5) is 0. The summed E-state index contributed by atoms with van der Waals surface area (Å²) in [5, 5.41) is 5.41. The van der Waals surface area contributed by atoms with E-state index in [1.807, 2.05) is 11.3 Å². The molecule has 1 aromatic heterocycles. The largest absolute Gasteiger partial charge is 0.135 e. The fourth-order valence-corrected chi connectivity index (χ4v) is 11.5. The Morgan fingerprint density at radius 3 is 1.93 bits per heavy atom. The van der Waals surface area contributed by atoms with Crippen LogP contribution in [0.1, 0.15) is 45.2 Å². The lowest BCUT2D eigenvalue weighted by molar-refractivity contribution is 0.794. The predicted molar refractivity (Wildman–Crippen MR) is 243 cm³/mol. The molecule has 10 aromatic rings. The monoisotopic (exact) mass is 742 g/mol. The lowest BCUT2D eigenvalue weighted by Gasteiger charge is -2.31. The third-order valence-corrected chi connectivity index (χ3v) is 14.1. The van der Waals surface area contributed by atoms with Crippen LogP contribution in [0.2, 0.25) is 0 Å². The lowest BCUT2D eigenvalue weighted by Crippen LogP contribution is -2.14. The van der Waals surface area contributed by atoms with Crippen molar-refractivity contribution in [3.05, 3.63) is 228 Å². The zero-order valence-corrected chi connectivity index (χ0v) is 32.3. The minimum atomic E-state index is 0.278. The third-order valence-electron chi connectivity index (χ3n) is 12.9. The molecule has 57 heavy (non-hydrogen) atoms. The summed E-state index contributed by atoms with van der Waals surface area (Å²) in [5.74, 6) is 0.575. The highest BCUT2D eigenvalue weighted by Crippen LogP contribution is 2.53. The molecule has 2 aliphatic carbocycles. The quantitative estimate of drug-likeness (QED) is 0.168. The molecule has 2 atom stereocenters. The Hall–Kier alpha value is -6.54. The molecule has 0 aliphatic heterocycles. The molecule has 0 amide bonds. The summed E-state index contributed by atoms with van der Waals surface area (Å²) < 4.78 is 2.78. The van der Waals surface area contributed by atoms with Crippen LogP contribution < -0.4 is 0 Å². The van der Waals surface area contributed by atoms with Gasteiger partial charge in [-0.3, -0.25) is 0 Å². The molecule has 0 fully saturated rings. The highest BCUT2D eigenvalue weighted by molar-refractivity contribution is 7.26. The molecule has 2 unspecified atom stereocenters. The molecule has 9 aromatic carbocycles. The van der Waals surface area contributed by atoms with Crippen molar-refractivity contribution in [3.8, 4) is 44.5 Å². The van der Waals surface area contributed by atoms with Crippen LogP contribution in [0.3, 0.4) is 0 Å². The van der Waals surface area contributed by atoms with E-state index in [0.29, 0.717) is 5.92 Å². The molecule has 1 heterocycles. The second kappa shape index (κ2) is 13.0. The minimum absolute atomic E-state index is 0.278. The van der Waals surface area contributed by atoms with Crippen LogP contribution in [-0.4, -0.2) is 0 Å². The summed E-state index contributed by atoms with van der Waals surface area (Å²) in [6.07, 6.45) is 1.96. The smallest absolute Gasteiger partial charge is 0.0400 e. The summed E-state index contributed by atoms with van der Waals surface area (Å²) in [6, 6.07) is 73.0. The Morgan fingerprint density at radius 2 is 1.05 bits per heavy atom. The molecule has 0 saturated carbocycles. The average molecular weight is 743 g/mol. The van der Waals surface area contributed by atoms with E-state index in [2.05, 4.69) is 194 Å². The zero-order chi connectivity index (χ0) is 37.5. The summed E-state index contributed by atoms with van der Waals surface area (Å²) in [5.41, 5.74) is 19.1. The van der Waals surface area contributed by atoms with Crippen LogP contribution in [0.5, 0.6) is 0 Å². The van der Waals surface area contributed by atoms with Crippen LogP contribution in [-0.2, 0) is 12.8 Å². The van der Waals surface area contributed by atoms with Crippen LogP contribution in [0, 0.1) is 0 Å². The van der Waals surface area contributed by atoms with Gasteiger partial charge in [-0.05, 0) is 120 Å². The van der Waals surface area contributed by atoms with Crippen molar-refractivity contribution < 1.29 is 0 Å². The minimum Gasteiger partial charge on any atom is -0.135 e. The number of thiophene rings is 1. The van der Waals surface area contributed by atoms with Crippen LogP contribution >= 0.6 is 11.3 Å². The zero-order valence-electron chi connectivity index (χ0n) is 31.5. The van der Waals surface area contributed by atoms with E-state index in [1.165, 1.54) is 109 Å². The number of benzene rings is 9. The van der Waals surface area contributed by atoms with Crippen molar-refractivity contribution in [1.82, 2.24) is 0 Å². The topological polar surface area (TPSA) is 0 Å². The first-order valence-corrected chi connectivity index (χ1v) is 21.0. The van der Waals surface area contributed by atoms with Crippen molar-refractivity contribution in [3.63, 3.8) is 0 Å². The van der Waals surface area contributed by atoms with Crippen molar-refractivity contribution >= 4 is 42.3 Å². The maximum Gasteiger partial charge on any atom is 0.0400 e. The molecule has 2 aliphatic rings. The third kappa shape index (κ3) is 5.19. The Bertz CT molecular complexity index is 3190. The fourth-order valence-electron chi connectivity index (χ4n) is 10.2. The molecule has 268 valence electrons. The molecular formula is C56H38S. The maximum atomic E-state index is 2.54. The predicted octanol–water partition coefficient (Wildman–Crippen LogP) is 15.3. The molecule has 0 radical (unpaired) electrons. The molecule has 0 nitrogen and oxygen atoms in total. The Morgan fingerprint density at radius 1 is 0.386 bits per heavy atom. The first-order chi connectivity index (χ1) is 28.3. The molecule has 0 spiro atoms. The number of hydrogen-bond donors (Lipinski definition) is 0. The van der Waals surface area contributed by atoms with Crippen LogP contribution in [0.25, 0.3) is 75.5 Å². The first kappa shape index (κ1) is 32.7. The van der Waals surface area contributed by atoms with Crippen LogP contribution in [0.4, 0.5) is 0 Å². The Balaban J connectivity index is 1.03. The number of fused-ring (bicyclic) bond motifs is 11. The lowest BCUT2D eigenvalue weighted by atomic mass is 9.73. The highest BCUT2D eigenvalue weighted by atomic mass is 32.1. The summed E-state index contributed by atoms with van der Waals surface area (Å²) in [7, 11) is 0. The van der Waals surface area contributed by atoms with Gasteiger partial charge >= 0.3 is 0 Å². The van der Waals surface area contributed by atoms with Gasteiger partial charge in [0.2, 0.25) is 0 Å². The normalized spacial score (nSPS) is 15.6. The van der Waals surface area contributed by atoms with E-state index in [0.717, 1.165) is 12.8 Å². The Labute approximate surface area is 337 Å². The molecule has 0 N–H and O–H groups in total. The van der Waals surface area contributed by atoms with Crippen molar-refractivity contribution in [1.29, 1.82) is 0 Å². The summed E-state index contributed by atoms with van der Waals surface area (Å²) >= 11 is 1.98. The van der Waals surface area contributed by atoms with Gasteiger partial charge in [0, 0.05) is 32.0 Å². The van der Waals surface area contributed by atoms with Crippen molar-refractivity contribution in [2.45, 2.75) is 24.7 Å². The molecule has 1 heteroatoms. The van der Waals surface area contributed by atoms with Gasteiger partial charge in [-0.25, -0.2) is 0 Å². The van der Waals surface area contributed by atoms with Gasteiger partial charge in [-0.1, -0.05) is 176 Å². The SMILES string of the molecule is c1ccc(-c2cccc(C3Cc4ccc(-c5cc6c(c7sc8ccccc8c57)CC(c5cccc7ccccc57)c5ccccc5-6)cc4-c4ccccc43)c2)cc1. The van der Waals surface area contributed by atoms with Gasteiger partial charge in [0.05, 0.1) is 0 Å². The van der Waals surface area contributed by atoms with E-state index >= 15 is 0 Å². The number of rotatable bonds is 4. The van der Waals surface area contributed by atoms with Crippen LogP contribution in [0.15, 0.2) is 194 Å². The van der Waals surface area contributed by atoms with Gasteiger partial charge in [-0.15, -0.1) is 11.3 Å². The van der Waals surface area contributed by atoms with Gasteiger partial charge in [0.15, 0.2) is 0 Å². The standard InChI is InChI=1S/C56H38S/c1-2-14-35(15-3-1)37-18-12-19-38(30-37)48-31-39-28-29-40(32-49(39)44-22-7-6-21-43(44)48)50-33-52-46-24-9-8-23-45(46)51(42-26-13-17-36-16-4-5-20-41(36)42)34-53(52)56-55(50)47-25-10-11-27-54(47)57-56/h1-30,32-33,48,51H,31,34H2. The van der Waals surface area contributed by atoms with E-state index in [9.17, 15) is 0 Å². The summed E-state index contributed by atoms with van der Waals surface area (Å²) in [6.45, 7) is 0. The van der Waals surface area contributed by atoms with Crippen molar-refractivity contribution in [2.24, 2.45) is 0 Å². The second-order valence-electron chi connectivity index (χ2n) is 15.9. The first-order valence-electron chi connectivity index (χ1n) is 20.2. The molecule has 0 saturated heterocycles. The van der Waals surface area contributed by atoms with E-state index in [1.54, 1.807) is 0 Å². The Kier molecular flexibility index (Phi) is 7.46. The fraction of sp³-hybridized carbons (Fsp3) is 0.0714.